The smallest absolute Gasteiger partial charge is 0.145 e. The molecule has 3 aromatic rings. The summed E-state index contributed by atoms with van der Waals surface area (Å²) in [5.41, 5.74) is 1.98. The van der Waals surface area contributed by atoms with Gasteiger partial charge in [-0.15, -0.1) is 0 Å². The Labute approximate surface area is 152 Å². The first-order valence-electron chi connectivity index (χ1n) is 9.00. The van der Waals surface area contributed by atoms with Crippen molar-refractivity contribution >= 4 is 16.6 Å². The summed E-state index contributed by atoms with van der Waals surface area (Å²) < 4.78 is 19.0. The molecule has 1 aromatic heterocycles. The zero-order valence-electron chi connectivity index (χ0n) is 14.6. The van der Waals surface area contributed by atoms with Gasteiger partial charge in [0.05, 0.1) is 0 Å². The van der Waals surface area contributed by atoms with Crippen LogP contribution in [0.5, 0.6) is 5.75 Å². The molecule has 0 aliphatic carbocycles. The van der Waals surface area contributed by atoms with Crippen LogP contribution in [0.25, 0.3) is 10.9 Å². The summed E-state index contributed by atoms with van der Waals surface area (Å²) >= 11 is 0. The van der Waals surface area contributed by atoms with Crippen molar-refractivity contribution in [3.63, 3.8) is 0 Å². The van der Waals surface area contributed by atoms with Gasteiger partial charge >= 0.3 is 0 Å². The number of hydrogen-bond acceptors (Lipinski definition) is 4. The molecule has 0 bridgehead atoms. The van der Waals surface area contributed by atoms with Crippen molar-refractivity contribution in [2.75, 3.05) is 31.1 Å². The molecule has 1 aliphatic rings. The van der Waals surface area contributed by atoms with Gasteiger partial charge in [-0.3, -0.25) is 4.98 Å². The van der Waals surface area contributed by atoms with Crippen molar-refractivity contribution in [3.05, 3.63) is 66.6 Å². The van der Waals surface area contributed by atoms with E-state index in [-0.39, 0.29) is 5.82 Å². The molecule has 1 saturated heterocycles. The second-order valence-electron chi connectivity index (χ2n) is 6.54. The first-order valence-corrected chi connectivity index (χ1v) is 9.00. The highest BCUT2D eigenvalue weighted by molar-refractivity contribution is 5.84. The van der Waals surface area contributed by atoms with Crippen molar-refractivity contribution in [1.29, 1.82) is 0 Å². The average molecular weight is 351 g/mol. The van der Waals surface area contributed by atoms with Crippen LogP contribution >= 0.6 is 0 Å². The number of halogens is 1. The molecular weight excluding hydrogens is 329 g/mol. The first-order chi connectivity index (χ1) is 12.8. The Morgan fingerprint density at radius 1 is 1.12 bits per heavy atom. The molecule has 2 aromatic carbocycles. The molecule has 5 heteroatoms. The fraction of sp³-hybridized carbons (Fsp3) is 0.286. The molecule has 1 atom stereocenters. The van der Waals surface area contributed by atoms with Gasteiger partial charge in [0.2, 0.25) is 0 Å². The van der Waals surface area contributed by atoms with Crippen LogP contribution in [0.1, 0.15) is 6.42 Å². The van der Waals surface area contributed by atoms with Gasteiger partial charge in [0.1, 0.15) is 23.7 Å². The van der Waals surface area contributed by atoms with Gasteiger partial charge in [-0.1, -0.05) is 18.2 Å². The van der Waals surface area contributed by atoms with E-state index >= 15 is 0 Å². The number of benzene rings is 2. The van der Waals surface area contributed by atoms with Crippen LogP contribution < -0.4 is 15.0 Å². The third-order valence-corrected chi connectivity index (χ3v) is 4.77. The van der Waals surface area contributed by atoms with Crippen molar-refractivity contribution in [1.82, 2.24) is 10.3 Å². The lowest BCUT2D eigenvalue weighted by Gasteiger charge is -2.19. The van der Waals surface area contributed by atoms with E-state index in [0.717, 1.165) is 48.4 Å². The zero-order chi connectivity index (χ0) is 17.8. The maximum atomic E-state index is 13.0. The lowest BCUT2D eigenvalue weighted by molar-refractivity contribution is 0.310. The van der Waals surface area contributed by atoms with E-state index in [1.54, 1.807) is 6.20 Å². The summed E-state index contributed by atoms with van der Waals surface area (Å²) in [5, 5.41) is 4.64. The third-order valence-electron chi connectivity index (χ3n) is 4.77. The van der Waals surface area contributed by atoms with Gasteiger partial charge in [-0.2, -0.15) is 0 Å². The van der Waals surface area contributed by atoms with Crippen LogP contribution in [-0.4, -0.2) is 37.3 Å². The van der Waals surface area contributed by atoms with Crippen LogP contribution in [0.4, 0.5) is 10.1 Å². The Hall–Kier alpha value is -2.66. The quantitative estimate of drug-likeness (QED) is 0.688. The molecule has 4 nitrogen and oxygen atoms in total. The molecule has 0 radical (unpaired) electrons. The molecular formula is C21H22FN3O. The van der Waals surface area contributed by atoms with Gasteiger partial charge in [-0.25, -0.2) is 4.39 Å². The molecule has 4 rings (SSSR count). The summed E-state index contributed by atoms with van der Waals surface area (Å²) in [6, 6.07) is 17.1. The Morgan fingerprint density at radius 3 is 2.85 bits per heavy atom. The minimum atomic E-state index is -0.192. The van der Waals surface area contributed by atoms with E-state index < -0.39 is 0 Å². The van der Waals surface area contributed by atoms with E-state index in [1.165, 1.54) is 12.1 Å². The van der Waals surface area contributed by atoms with E-state index in [1.807, 2.05) is 42.5 Å². The predicted octanol–water partition coefficient (Wildman–Crippen LogP) is 3.62. The van der Waals surface area contributed by atoms with E-state index in [0.29, 0.717) is 12.6 Å². The Morgan fingerprint density at radius 2 is 1.96 bits per heavy atom. The van der Waals surface area contributed by atoms with Crippen LogP contribution in [0.2, 0.25) is 0 Å². The standard InChI is InChI=1S/C21H22FN3O/c22-17-6-8-19(9-7-17)25-13-10-18(15-25)23-12-14-26-20-5-1-3-16-4-2-11-24-21(16)20/h1-9,11,18,23H,10,12-15H2/t18-/m0/s1. The number of para-hydroxylation sites is 1. The number of nitrogens with zero attached hydrogens (tertiary/aromatic N) is 2. The number of rotatable bonds is 6. The maximum Gasteiger partial charge on any atom is 0.145 e. The van der Waals surface area contributed by atoms with Crippen LogP contribution in [0.3, 0.4) is 0 Å². The van der Waals surface area contributed by atoms with Gasteiger partial charge < -0.3 is 15.0 Å². The number of hydrogen-bond donors (Lipinski definition) is 1. The summed E-state index contributed by atoms with van der Waals surface area (Å²) in [7, 11) is 0. The monoisotopic (exact) mass is 351 g/mol. The second kappa shape index (κ2) is 7.70. The highest BCUT2D eigenvalue weighted by atomic mass is 19.1. The highest BCUT2D eigenvalue weighted by Gasteiger charge is 2.22. The van der Waals surface area contributed by atoms with Crippen molar-refractivity contribution in [3.8, 4) is 5.75 Å². The molecule has 0 amide bonds. The number of anilines is 1. The van der Waals surface area contributed by atoms with Crippen molar-refractivity contribution < 1.29 is 9.13 Å². The first kappa shape index (κ1) is 16.8. The minimum absolute atomic E-state index is 0.192. The Balaban J connectivity index is 1.26. The minimum Gasteiger partial charge on any atom is -0.490 e. The molecule has 1 fully saturated rings. The lowest BCUT2D eigenvalue weighted by Crippen LogP contribution is -2.35. The second-order valence-corrected chi connectivity index (χ2v) is 6.54. The number of nitrogens with one attached hydrogen (secondary N) is 1. The summed E-state index contributed by atoms with van der Waals surface area (Å²) in [6.45, 7) is 3.30. The highest BCUT2D eigenvalue weighted by Crippen LogP contribution is 2.23. The number of fused-ring (bicyclic) bond motifs is 1. The maximum absolute atomic E-state index is 13.0. The summed E-state index contributed by atoms with van der Waals surface area (Å²) in [5.74, 6) is 0.631. The lowest BCUT2D eigenvalue weighted by atomic mass is 10.2. The van der Waals surface area contributed by atoms with Crippen molar-refractivity contribution in [2.24, 2.45) is 0 Å². The average Bonchev–Trinajstić information content (AvgIpc) is 3.15. The molecule has 2 heterocycles. The Bertz CT molecular complexity index is 863. The molecule has 1 N–H and O–H groups in total. The van der Waals surface area contributed by atoms with Crippen LogP contribution in [0, 0.1) is 5.82 Å². The SMILES string of the molecule is Fc1ccc(N2CC[C@H](NCCOc3cccc4cccnc34)C2)cc1. The van der Waals surface area contributed by atoms with Gasteiger partial charge in [-0.05, 0) is 42.8 Å². The largest absolute Gasteiger partial charge is 0.490 e. The number of aromatic nitrogens is 1. The zero-order valence-corrected chi connectivity index (χ0v) is 14.6. The van der Waals surface area contributed by atoms with E-state index in [9.17, 15) is 4.39 Å². The number of pyridine rings is 1. The van der Waals surface area contributed by atoms with Gasteiger partial charge in [0.15, 0.2) is 0 Å². The summed E-state index contributed by atoms with van der Waals surface area (Å²) in [4.78, 5) is 6.69. The van der Waals surface area contributed by atoms with Crippen LogP contribution in [-0.2, 0) is 0 Å². The topological polar surface area (TPSA) is 37.4 Å². The predicted molar refractivity (Wildman–Crippen MR) is 102 cm³/mol. The van der Waals surface area contributed by atoms with Gasteiger partial charge in [0, 0.05) is 42.9 Å². The summed E-state index contributed by atoms with van der Waals surface area (Å²) in [6.07, 6.45) is 2.86. The normalized spacial score (nSPS) is 17.0. The molecule has 134 valence electrons. The number of ether oxygens (including phenoxy) is 1. The molecule has 26 heavy (non-hydrogen) atoms. The van der Waals surface area contributed by atoms with Gasteiger partial charge in [0.25, 0.3) is 0 Å². The fourth-order valence-corrected chi connectivity index (χ4v) is 3.43. The van der Waals surface area contributed by atoms with Crippen molar-refractivity contribution in [2.45, 2.75) is 12.5 Å². The fourth-order valence-electron chi connectivity index (χ4n) is 3.43. The Kier molecular flexibility index (Phi) is 4.97. The third kappa shape index (κ3) is 3.78. The van der Waals surface area contributed by atoms with E-state index in [2.05, 4.69) is 15.2 Å². The molecule has 1 aliphatic heterocycles. The van der Waals surface area contributed by atoms with Crippen LogP contribution in [0.15, 0.2) is 60.8 Å². The molecule has 0 spiro atoms. The molecule has 0 saturated carbocycles. The van der Waals surface area contributed by atoms with E-state index in [4.69, 9.17) is 4.74 Å². The molecule has 0 unspecified atom stereocenters.